The Balaban J connectivity index is 1.96. The van der Waals surface area contributed by atoms with Crippen molar-refractivity contribution in [1.29, 1.82) is 0 Å². The van der Waals surface area contributed by atoms with Crippen molar-refractivity contribution in [3.8, 4) is 5.75 Å². The van der Waals surface area contributed by atoms with Gasteiger partial charge < -0.3 is 13.9 Å². The van der Waals surface area contributed by atoms with Crippen molar-refractivity contribution in [2.24, 2.45) is 0 Å². The van der Waals surface area contributed by atoms with Gasteiger partial charge in [-0.2, -0.15) is 0 Å². The second kappa shape index (κ2) is 3.89. The van der Waals surface area contributed by atoms with Gasteiger partial charge in [0, 0.05) is 17.5 Å². The number of aryl methyl sites for hydroxylation is 1. The van der Waals surface area contributed by atoms with Crippen LogP contribution >= 0.6 is 0 Å². The molecule has 4 nitrogen and oxygen atoms in total. The van der Waals surface area contributed by atoms with Gasteiger partial charge in [-0.25, -0.2) is 4.79 Å². The summed E-state index contributed by atoms with van der Waals surface area (Å²) in [7, 11) is 0. The lowest BCUT2D eigenvalue weighted by molar-refractivity contribution is 0.263. The van der Waals surface area contributed by atoms with E-state index in [0.29, 0.717) is 17.9 Å². The van der Waals surface area contributed by atoms with Gasteiger partial charge in [0.05, 0.1) is 6.61 Å². The molecule has 3 rings (SSSR count). The summed E-state index contributed by atoms with van der Waals surface area (Å²) in [6.07, 6.45) is 0.218. The first-order valence-corrected chi connectivity index (χ1v) is 5.51. The average molecular weight is 232 g/mol. The number of ether oxygens (including phenoxy) is 2. The largest absolute Gasteiger partial charge is 0.491 e. The molecule has 2 aromatic rings. The van der Waals surface area contributed by atoms with Gasteiger partial charge >= 0.3 is 5.63 Å². The van der Waals surface area contributed by atoms with Crippen molar-refractivity contribution in [3.63, 3.8) is 0 Å². The summed E-state index contributed by atoms with van der Waals surface area (Å²) in [5, 5.41) is 0.930. The normalized spacial score (nSPS) is 18.3. The molecule has 0 N–H and O–H groups in total. The van der Waals surface area contributed by atoms with Gasteiger partial charge in [-0.1, -0.05) is 0 Å². The Hall–Kier alpha value is -1.81. The van der Waals surface area contributed by atoms with Gasteiger partial charge in [-0.3, -0.25) is 0 Å². The Morgan fingerprint density at radius 3 is 3.00 bits per heavy atom. The van der Waals surface area contributed by atoms with E-state index in [2.05, 4.69) is 0 Å². The quantitative estimate of drug-likeness (QED) is 0.599. The molecule has 0 spiro atoms. The van der Waals surface area contributed by atoms with E-state index >= 15 is 0 Å². The van der Waals surface area contributed by atoms with E-state index in [0.717, 1.165) is 17.6 Å². The zero-order valence-corrected chi connectivity index (χ0v) is 9.43. The molecule has 1 aliphatic rings. The molecule has 1 aliphatic heterocycles. The van der Waals surface area contributed by atoms with E-state index in [1.165, 1.54) is 6.07 Å². The lowest BCUT2D eigenvalue weighted by Crippen LogP contribution is -2.04. The van der Waals surface area contributed by atoms with Crippen molar-refractivity contribution in [3.05, 3.63) is 40.2 Å². The van der Waals surface area contributed by atoms with Crippen molar-refractivity contribution in [2.45, 2.75) is 13.0 Å². The number of rotatable bonds is 3. The molecule has 4 heteroatoms. The van der Waals surface area contributed by atoms with E-state index < -0.39 is 0 Å². The molecule has 88 valence electrons. The average Bonchev–Trinajstić information content (AvgIpc) is 3.09. The van der Waals surface area contributed by atoms with E-state index in [1.54, 1.807) is 6.07 Å². The first kappa shape index (κ1) is 10.4. The molecular weight excluding hydrogens is 220 g/mol. The molecule has 1 aromatic heterocycles. The number of epoxide rings is 1. The molecule has 1 fully saturated rings. The lowest BCUT2D eigenvalue weighted by Gasteiger charge is -2.05. The van der Waals surface area contributed by atoms with Crippen LogP contribution in [0, 0.1) is 6.92 Å². The number of fused-ring (bicyclic) bond motifs is 1. The highest BCUT2D eigenvalue weighted by Gasteiger charge is 2.23. The van der Waals surface area contributed by atoms with Crippen LogP contribution in [-0.2, 0) is 4.74 Å². The number of hydrogen-bond acceptors (Lipinski definition) is 4. The van der Waals surface area contributed by atoms with Gasteiger partial charge in [0.25, 0.3) is 0 Å². The lowest BCUT2D eigenvalue weighted by atomic mass is 10.1. The Morgan fingerprint density at radius 1 is 1.41 bits per heavy atom. The molecule has 0 aliphatic carbocycles. The van der Waals surface area contributed by atoms with Crippen LogP contribution in [0.25, 0.3) is 11.0 Å². The maximum atomic E-state index is 11.3. The molecule has 1 saturated heterocycles. The van der Waals surface area contributed by atoms with E-state index in [-0.39, 0.29) is 11.7 Å². The van der Waals surface area contributed by atoms with Crippen LogP contribution in [0.3, 0.4) is 0 Å². The summed E-state index contributed by atoms with van der Waals surface area (Å²) in [4.78, 5) is 11.3. The van der Waals surface area contributed by atoms with Gasteiger partial charge in [0.2, 0.25) is 0 Å². The molecule has 0 amide bonds. The van der Waals surface area contributed by atoms with Crippen molar-refractivity contribution < 1.29 is 13.9 Å². The van der Waals surface area contributed by atoms with Crippen LogP contribution in [0.1, 0.15) is 5.56 Å². The molecule has 0 unspecified atom stereocenters. The minimum atomic E-state index is -0.335. The van der Waals surface area contributed by atoms with Crippen molar-refractivity contribution >= 4 is 11.0 Å². The minimum Gasteiger partial charge on any atom is -0.491 e. The summed E-state index contributed by atoms with van der Waals surface area (Å²) in [6, 6.07) is 7.00. The molecule has 17 heavy (non-hydrogen) atoms. The zero-order chi connectivity index (χ0) is 11.8. The third kappa shape index (κ3) is 2.17. The van der Waals surface area contributed by atoms with Crippen molar-refractivity contribution in [1.82, 2.24) is 0 Å². The Kier molecular flexibility index (Phi) is 2.37. The van der Waals surface area contributed by atoms with Crippen LogP contribution in [-0.4, -0.2) is 19.3 Å². The monoisotopic (exact) mass is 232 g/mol. The Morgan fingerprint density at radius 2 is 2.24 bits per heavy atom. The summed E-state index contributed by atoms with van der Waals surface area (Å²) < 4.78 is 15.7. The molecular formula is C13H12O4. The molecule has 0 bridgehead atoms. The second-order valence-electron chi connectivity index (χ2n) is 4.17. The van der Waals surface area contributed by atoms with Crippen LogP contribution in [0.5, 0.6) is 5.75 Å². The number of benzene rings is 1. The first-order valence-electron chi connectivity index (χ1n) is 5.51. The SMILES string of the molecule is Cc1cc(=O)oc2cc(OC[C@H]3CO3)ccc12. The topological polar surface area (TPSA) is 52.0 Å². The summed E-state index contributed by atoms with van der Waals surface area (Å²) >= 11 is 0. The molecule has 1 aromatic carbocycles. The van der Waals surface area contributed by atoms with Crippen LogP contribution in [0.2, 0.25) is 0 Å². The highest BCUT2D eigenvalue weighted by atomic mass is 16.6. The Bertz CT molecular complexity index is 610. The van der Waals surface area contributed by atoms with Gasteiger partial charge in [-0.05, 0) is 24.6 Å². The van der Waals surface area contributed by atoms with E-state index in [9.17, 15) is 4.79 Å². The molecule has 0 radical (unpaired) electrons. The van der Waals surface area contributed by atoms with Gasteiger partial charge in [0.1, 0.15) is 24.0 Å². The Labute approximate surface area is 97.8 Å². The maximum absolute atomic E-state index is 11.3. The fourth-order valence-electron chi connectivity index (χ4n) is 1.75. The van der Waals surface area contributed by atoms with Crippen LogP contribution < -0.4 is 10.4 Å². The maximum Gasteiger partial charge on any atom is 0.336 e. The minimum absolute atomic E-state index is 0.218. The third-order valence-corrected chi connectivity index (χ3v) is 2.76. The smallest absolute Gasteiger partial charge is 0.336 e. The first-order chi connectivity index (χ1) is 8.22. The zero-order valence-electron chi connectivity index (χ0n) is 9.43. The highest BCUT2D eigenvalue weighted by molar-refractivity contribution is 5.81. The molecule has 2 heterocycles. The van der Waals surface area contributed by atoms with E-state index in [4.69, 9.17) is 13.9 Å². The highest BCUT2D eigenvalue weighted by Crippen LogP contribution is 2.23. The fraction of sp³-hybridized carbons (Fsp3) is 0.308. The van der Waals surface area contributed by atoms with Gasteiger partial charge in [-0.15, -0.1) is 0 Å². The molecule has 0 saturated carbocycles. The van der Waals surface area contributed by atoms with Crippen molar-refractivity contribution in [2.75, 3.05) is 13.2 Å². The summed E-state index contributed by atoms with van der Waals surface area (Å²) in [6.45, 7) is 3.20. The standard InChI is InChI=1S/C13H12O4/c1-8-4-13(14)17-12-5-9(2-3-11(8)12)15-6-10-7-16-10/h2-5,10H,6-7H2,1H3/t10-/m0/s1. The van der Waals surface area contributed by atoms with Gasteiger partial charge in [0.15, 0.2) is 0 Å². The third-order valence-electron chi connectivity index (χ3n) is 2.76. The number of hydrogen-bond donors (Lipinski definition) is 0. The molecule has 1 atom stereocenters. The predicted molar refractivity (Wildman–Crippen MR) is 62.5 cm³/mol. The predicted octanol–water partition coefficient (Wildman–Crippen LogP) is 1.88. The van der Waals surface area contributed by atoms with Crippen LogP contribution in [0.15, 0.2) is 33.5 Å². The fourth-order valence-corrected chi connectivity index (χ4v) is 1.75. The summed E-state index contributed by atoms with van der Waals surface area (Å²) in [5.41, 5.74) is 1.13. The second-order valence-corrected chi connectivity index (χ2v) is 4.17. The summed E-state index contributed by atoms with van der Waals surface area (Å²) in [5.74, 6) is 0.696. The van der Waals surface area contributed by atoms with E-state index in [1.807, 2.05) is 19.1 Å². The van der Waals surface area contributed by atoms with Crippen LogP contribution in [0.4, 0.5) is 0 Å².